The Bertz CT molecular complexity index is 1530. The number of nitrogens with one attached hydrogen (secondary N) is 1. The summed E-state index contributed by atoms with van der Waals surface area (Å²) >= 11 is 0. The fourth-order valence-electron chi connectivity index (χ4n) is 3.77. The van der Waals surface area contributed by atoms with E-state index < -0.39 is 23.4 Å². The molecule has 0 radical (unpaired) electrons. The van der Waals surface area contributed by atoms with E-state index in [4.69, 9.17) is 14.9 Å². The lowest BCUT2D eigenvalue weighted by Gasteiger charge is -2.28. The average molecular weight is 534 g/mol. The minimum Gasteiger partial charge on any atom is -0.475 e. The Morgan fingerprint density at radius 3 is 2.21 bits per heavy atom. The molecule has 14 heteroatoms. The topological polar surface area (TPSA) is 131 Å². The third-order valence-corrected chi connectivity index (χ3v) is 5.71. The molecular weight excluding hydrogens is 509 g/mol. The summed E-state index contributed by atoms with van der Waals surface area (Å²) < 4.78 is 36.0. The molecule has 1 aromatic carbocycles. The van der Waals surface area contributed by atoms with E-state index in [0.29, 0.717) is 29.3 Å². The first kappa shape index (κ1) is 28.2. The highest BCUT2D eigenvalue weighted by Crippen LogP contribution is 2.22. The molecule has 0 spiro atoms. The van der Waals surface area contributed by atoms with Crippen LogP contribution in [0.5, 0.6) is 0 Å². The molecule has 2 aromatic heterocycles. The average Bonchev–Trinajstić information content (AvgIpc) is 3.26. The molecule has 3 heterocycles. The van der Waals surface area contributed by atoms with Crippen molar-refractivity contribution in [3.05, 3.63) is 50.7 Å². The maximum Gasteiger partial charge on any atom is 0.490 e. The normalized spacial score (nSPS) is 13.4. The van der Waals surface area contributed by atoms with Crippen LogP contribution in [0.1, 0.15) is 24.2 Å². The van der Waals surface area contributed by atoms with Gasteiger partial charge in [0.25, 0.3) is 5.56 Å². The van der Waals surface area contributed by atoms with Gasteiger partial charge in [-0.2, -0.15) is 18.2 Å². The molecular formula is C24H25F3N6O5. The number of imidazole rings is 1. The maximum absolute atomic E-state index is 13.1. The van der Waals surface area contributed by atoms with Gasteiger partial charge in [-0.05, 0) is 38.1 Å². The summed E-state index contributed by atoms with van der Waals surface area (Å²) in [6.07, 6.45) is -5.08. The molecule has 0 aliphatic carbocycles. The Kier molecular flexibility index (Phi) is 8.42. The highest BCUT2D eigenvalue weighted by atomic mass is 19.4. The van der Waals surface area contributed by atoms with Gasteiger partial charge in [-0.1, -0.05) is 5.92 Å². The van der Waals surface area contributed by atoms with Crippen molar-refractivity contribution >= 4 is 28.9 Å². The van der Waals surface area contributed by atoms with Crippen LogP contribution in [0.15, 0.2) is 33.9 Å². The molecule has 2 N–H and O–H groups in total. The minimum atomic E-state index is -5.08. The lowest BCUT2D eigenvalue weighted by Crippen LogP contribution is -2.44. The number of hydrogen-bond acceptors (Lipinski definition) is 7. The van der Waals surface area contributed by atoms with Gasteiger partial charge < -0.3 is 15.3 Å². The molecule has 1 fully saturated rings. The van der Waals surface area contributed by atoms with Crippen LogP contribution in [0.3, 0.4) is 0 Å². The number of fused-ring (bicyclic) bond motifs is 1. The van der Waals surface area contributed by atoms with Gasteiger partial charge in [-0.15, -0.1) is 5.92 Å². The van der Waals surface area contributed by atoms with Gasteiger partial charge in [0, 0.05) is 38.8 Å². The van der Waals surface area contributed by atoms with E-state index in [9.17, 15) is 27.6 Å². The van der Waals surface area contributed by atoms with Crippen LogP contribution in [0.25, 0.3) is 16.9 Å². The Balaban J connectivity index is 0.000000505. The highest BCUT2D eigenvalue weighted by molar-refractivity contribution is 5.94. The molecule has 202 valence electrons. The number of carboxylic acids is 1. The number of alkyl halides is 3. The van der Waals surface area contributed by atoms with Crippen LogP contribution in [0.4, 0.5) is 19.1 Å². The first-order chi connectivity index (χ1) is 17.9. The van der Waals surface area contributed by atoms with E-state index in [-0.39, 0.29) is 11.4 Å². The molecule has 1 aliphatic heterocycles. The van der Waals surface area contributed by atoms with Crippen molar-refractivity contribution in [1.82, 2.24) is 24.0 Å². The monoisotopic (exact) mass is 534 g/mol. The van der Waals surface area contributed by atoms with Crippen molar-refractivity contribution in [3.63, 3.8) is 0 Å². The zero-order chi connectivity index (χ0) is 28.2. The van der Waals surface area contributed by atoms with E-state index in [1.54, 1.807) is 35.8 Å². The van der Waals surface area contributed by atoms with E-state index in [1.165, 1.54) is 18.5 Å². The first-order valence-electron chi connectivity index (χ1n) is 11.4. The van der Waals surface area contributed by atoms with Crippen LogP contribution < -0.4 is 21.5 Å². The fourth-order valence-corrected chi connectivity index (χ4v) is 3.77. The number of rotatable bonds is 4. The van der Waals surface area contributed by atoms with Crippen molar-refractivity contribution in [3.8, 4) is 17.5 Å². The van der Waals surface area contributed by atoms with Gasteiger partial charge in [0.2, 0.25) is 5.95 Å². The number of ketones is 1. The van der Waals surface area contributed by atoms with Crippen molar-refractivity contribution in [2.45, 2.75) is 26.6 Å². The van der Waals surface area contributed by atoms with Crippen molar-refractivity contribution in [2.75, 3.05) is 31.1 Å². The van der Waals surface area contributed by atoms with E-state index in [2.05, 4.69) is 22.1 Å². The Labute approximate surface area is 214 Å². The smallest absolute Gasteiger partial charge is 0.475 e. The SMILES string of the molecule is CC#CCn1c(N2CCNCC2)nc2c1c(=O)n(C)c(=O)n2-c1ccc(C(C)=O)cc1.O=C(O)C(F)(F)F. The number of anilines is 1. The van der Waals surface area contributed by atoms with Gasteiger partial charge in [-0.25, -0.2) is 14.2 Å². The van der Waals surface area contributed by atoms with Crippen molar-refractivity contribution in [1.29, 1.82) is 0 Å². The predicted molar refractivity (Wildman–Crippen MR) is 133 cm³/mol. The third-order valence-electron chi connectivity index (χ3n) is 5.71. The summed E-state index contributed by atoms with van der Waals surface area (Å²) in [5, 5.41) is 10.4. The quantitative estimate of drug-likeness (QED) is 0.377. The Hall–Kier alpha value is -4.38. The molecule has 0 saturated carbocycles. The second-order valence-electron chi connectivity index (χ2n) is 8.22. The molecule has 0 amide bonds. The number of carbonyl (C=O) groups excluding carboxylic acids is 1. The number of nitrogens with zero attached hydrogens (tertiary/aromatic N) is 5. The molecule has 3 aromatic rings. The summed E-state index contributed by atoms with van der Waals surface area (Å²) in [6.45, 7) is 6.61. The largest absolute Gasteiger partial charge is 0.490 e. The number of Topliss-reactive ketones (excluding diaryl/α,β-unsaturated/α-hetero) is 1. The summed E-state index contributed by atoms with van der Waals surface area (Å²) in [5.41, 5.74) is 0.787. The number of carbonyl (C=O) groups is 2. The number of aromatic nitrogens is 4. The minimum absolute atomic E-state index is 0.0621. The van der Waals surface area contributed by atoms with Crippen molar-refractivity contribution < 1.29 is 27.9 Å². The summed E-state index contributed by atoms with van der Waals surface area (Å²) in [5.74, 6) is 3.69. The number of benzene rings is 1. The summed E-state index contributed by atoms with van der Waals surface area (Å²) in [6, 6.07) is 6.71. The Morgan fingerprint density at radius 2 is 1.71 bits per heavy atom. The lowest BCUT2D eigenvalue weighted by molar-refractivity contribution is -0.192. The summed E-state index contributed by atoms with van der Waals surface area (Å²) in [4.78, 5) is 53.6. The van der Waals surface area contributed by atoms with E-state index in [1.807, 2.05) is 0 Å². The number of carboxylic acid groups (broad SMARTS) is 1. The number of halogens is 3. The molecule has 0 bridgehead atoms. The molecule has 4 rings (SSSR count). The molecule has 0 atom stereocenters. The molecule has 38 heavy (non-hydrogen) atoms. The summed E-state index contributed by atoms with van der Waals surface area (Å²) in [7, 11) is 1.46. The van der Waals surface area contributed by atoms with E-state index in [0.717, 1.165) is 30.7 Å². The molecule has 1 saturated heterocycles. The number of hydrogen-bond donors (Lipinski definition) is 2. The Morgan fingerprint density at radius 1 is 1.13 bits per heavy atom. The number of aliphatic carboxylic acids is 1. The second-order valence-corrected chi connectivity index (χ2v) is 8.22. The van der Waals surface area contributed by atoms with Crippen LogP contribution >= 0.6 is 0 Å². The van der Waals surface area contributed by atoms with Gasteiger partial charge in [0.15, 0.2) is 16.9 Å². The molecule has 1 aliphatic rings. The van der Waals surface area contributed by atoms with E-state index >= 15 is 0 Å². The molecule has 11 nitrogen and oxygen atoms in total. The van der Waals surface area contributed by atoms with Gasteiger partial charge in [0.1, 0.15) is 0 Å². The second kappa shape index (κ2) is 11.3. The zero-order valence-electron chi connectivity index (χ0n) is 20.8. The van der Waals surface area contributed by atoms with Gasteiger partial charge in [0.05, 0.1) is 12.2 Å². The van der Waals surface area contributed by atoms with Crippen molar-refractivity contribution in [2.24, 2.45) is 7.05 Å². The highest BCUT2D eigenvalue weighted by Gasteiger charge is 2.38. The zero-order valence-corrected chi connectivity index (χ0v) is 20.8. The lowest BCUT2D eigenvalue weighted by atomic mass is 10.1. The fraction of sp³-hybridized carbons (Fsp3) is 0.375. The first-order valence-corrected chi connectivity index (χ1v) is 11.4. The van der Waals surface area contributed by atoms with Crippen LogP contribution in [-0.4, -0.2) is 67.9 Å². The predicted octanol–water partition coefficient (Wildman–Crippen LogP) is 1.15. The molecule has 0 unspecified atom stereocenters. The maximum atomic E-state index is 13.1. The van der Waals surface area contributed by atoms with Crippen LogP contribution in [-0.2, 0) is 18.4 Å². The number of piperazine rings is 1. The van der Waals surface area contributed by atoms with Gasteiger partial charge >= 0.3 is 17.8 Å². The van der Waals surface area contributed by atoms with Gasteiger partial charge in [-0.3, -0.25) is 18.7 Å². The standard InChI is InChI=1S/C22H24N6O3.C2HF3O2/c1-4-5-12-27-18-19(24-21(27)26-13-10-23-11-14-26)28(22(31)25(3)20(18)30)17-8-6-16(7-9-17)15(2)29;3-2(4,5)1(6)7/h6-9,23H,10-14H2,1-3H3;(H,6,7). The van der Waals surface area contributed by atoms with Crippen LogP contribution in [0.2, 0.25) is 0 Å². The van der Waals surface area contributed by atoms with Crippen LogP contribution in [0, 0.1) is 11.8 Å². The third kappa shape index (κ3) is 5.78.